The Morgan fingerprint density at radius 2 is 1.65 bits per heavy atom. The second-order valence-electron chi connectivity index (χ2n) is 6.65. The maximum atomic E-state index is 11.9. The lowest BCUT2D eigenvalue weighted by Gasteiger charge is -2.10. The summed E-state index contributed by atoms with van der Waals surface area (Å²) in [5.74, 6) is 0.490. The van der Waals surface area contributed by atoms with Crippen molar-refractivity contribution in [1.82, 2.24) is 4.98 Å². The number of hydrogen-bond acceptors (Lipinski definition) is 7. The number of aromatic nitrogens is 1. The van der Waals surface area contributed by atoms with E-state index in [1.54, 1.807) is 60.9 Å². The number of nitrogens with zero attached hydrogens (tertiary/aromatic N) is 3. The summed E-state index contributed by atoms with van der Waals surface area (Å²) in [5, 5.41) is 9.11. The smallest absolute Gasteiger partial charge is 0.295 e. The van der Waals surface area contributed by atoms with Gasteiger partial charge >= 0.3 is 0 Å². The maximum absolute atomic E-state index is 11.9. The van der Waals surface area contributed by atoms with Crippen LogP contribution in [0.4, 0.5) is 17.1 Å². The van der Waals surface area contributed by atoms with Gasteiger partial charge in [0.2, 0.25) is 0 Å². The third kappa shape index (κ3) is 4.52. The van der Waals surface area contributed by atoms with Crippen LogP contribution in [0.2, 0.25) is 0 Å². The number of anilines is 1. The van der Waals surface area contributed by atoms with Crippen LogP contribution in [0.25, 0.3) is 10.8 Å². The van der Waals surface area contributed by atoms with Crippen LogP contribution in [0.5, 0.6) is 5.75 Å². The van der Waals surface area contributed by atoms with Gasteiger partial charge in [-0.1, -0.05) is 42.5 Å². The molecule has 1 aromatic heterocycles. The third-order valence-corrected chi connectivity index (χ3v) is 5.45. The minimum absolute atomic E-state index is 0.119. The topological polar surface area (TPSA) is 127 Å². The maximum Gasteiger partial charge on any atom is 0.295 e. The lowest BCUT2D eigenvalue weighted by Crippen LogP contribution is -2.01. The summed E-state index contributed by atoms with van der Waals surface area (Å²) >= 11 is 0. The molecule has 0 saturated carbocycles. The molecule has 0 aliphatic rings. The van der Waals surface area contributed by atoms with Crippen molar-refractivity contribution >= 4 is 38.0 Å². The lowest BCUT2D eigenvalue weighted by molar-refractivity contribution is 0.307. The van der Waals surface area contributed by atoms with Gasteiger partial charge in [0.1, 0.15) is 28.6 Å². The Labute approximate surface area is 178 Å². The minimum Gasteiger partial charge on any atom is -0.487 e. The van der Waals surface area contributed by atoms with Crippen molar-refractivity contribution < 1.29 is 17.7 Å². The van der Waals surface area contributed by atoms with E-state index in [9.17, 15) is 13.0 Å². The number of nitrogens with two attached hydrogens (primary N) is 1. The molecule has 0 unspecified atom stereocenters. The first-order valence-corrected chi connectivity index (χ1v) is 10.7. The number of hydrogen-bond donors (Lipinski definition) is 2. The van der Waals surface area contributed by atoms with Crippen molar-refractivity contribution in [2.24, 2.45) is 10.2 Å². The van der Waals surface area contributed by atoms with E-state index >= 15 is 0 Å². The van der Waals surface area contributed by atoms with Crippen LogP contribution in [0.3, 0.4) is 0 Å². The molecule has 156 valence electrons. The van der Waals surface area contributed by atoms with Crippen LogP contribution >= 0.6 is 0 Å². The Morgan fingerprint density at radius 3 is 2.39 bits per heavy atom. The zero-order valence-corrected chi connectivity index (χ0v) is 17.0. The van der Waals surface area contributed by atoms with E-state index in [0.29, 0.717) is 28.8 Å². The standard InChI is InChI=1S/C22H18N4O4S/c23-22-17-8-2-1-7-16(17)21(31(27,28)29)12-19(22)26-25-18-9-3-4-10-20(18)30-14-15-6-5-11-24-13-15/h1-13H,14,23H2,(H,27,28,29). The molecule has 0 spiro atoms. The fraction of sp³-hybridized carbons (Fsp3) is 0.0455. The van der Waals surface area contributed by atoms with E-state index in [1.165, 1.54) is 6.07 Å². The number of nitrogen functional groups attached to an aromatic ring is 1. The first-order valence-electron chi connectivity index (χ1n) is 9.24. The molecule has 3 aromatic carbocycles. The van der Waals surface area contributed by atoms with Crippen molar-refractivity contribution in [2.45, 2.75) is 11.5 Å². The second kappa shape index (κ2) is 8.50. The van der Waals surface area contributed by atoms with Gasteiger partial charge in [-0.3, -0.25) is 9.54 Å². The molecule has 0 aliphatic heterocycles. The molecule has 0 radical (unpaired) electrons. The molecule has 3 N–H and O–H groups in total. The van der Waals surface area contributed by atoms with Gasteiger partial charge in [-0.15, -0.1) is 10.2 Å². The summed E-state index contributed by atoms with van der Waals surface area (Å²) in [4.78, 5) is 3.77. The SMILES string of the molecule is Nc1c(N=Nc2ccccc2OCc2cccnc2)cc(S(=O)(=O)O)c2ccccc12. The van der Waals surface area contributed by atoms with Gasteiger partial charge in [-0.05, 0) is 24.3 Å². The Kier molecular flexibility index (Phi) is 5.61. The molecule has 0 aliphatic carbocycles. The monoisotopic (exact) mass is 434 g/mol. The molecule has 0 bridgehead atoms. The second-order valence-corrected chi connectivity index (χ2v) is 8.04. The molecule has 0 saturated heterocycles. The third-order valence-electron chi connectivity index (χ3n) is 4.55. The highest BCUT2D eigenvalue weighted by Gasteiger charge is 2.18. The number of ether oxygens (including phenoxy) is 1. The van der Waals surface area contributed by atoms with Gasteiger partial charge in [0.05, 0.1) is 5.69 Å². The zero-order chi connectivity index (χ0) is 21.8. The Morgan fingerprint density at radius 1 is 0.935 bits per heavy atom. The van der Waals surface area contributed by atoms with Crippen LogP contribution in [0.15, 0.2) is 94.2 Å². The fourth-order valence-corrected chi connectivity index (χ4v) is 3.78. The number of fused-ring (bicyclic) bond motifs is 1. The van der Waals surface area contributed by atoms with Crippen molar-refractivity contribution in [2.75, 3.05) is 5.73 Å². The number of pyridine rings is 1. The number of para-hydroxylation sites is 1. The molecule has 31 heavy (non-hydrogen) atoms. The average Bonchev–Trinajstić information content (AvgIpc) is 2.78. The molecule has 8 nitrogen and oxygen atoms in total. The first kappa shape index (κ1) is 20.5. The van der Waals surface area contributed by atoms with E-state index in [0.717, 1.165) is 5.56 Å². The van der Waals surface area contributed by atoms with E-state index in [1.807, 2.05) is 12.1 Å². The first-order chi connectivity index (χ1) is 14.9. The highest BCUT2D eigenvalue weighted by atomic mass is 32.2. The average molecular weight is 434 g/mol. The van der Waals surface area contributed by atoms with E-state index in [2.05, 4.69) is 15.2 Å². The predicted octanol–water partition coefficient (Wildman–Crippen LogP) is 5.06. The van der Waals surface area contributed by atoms with Crippen LogP contribution in [0.1, 0.15) is 5.56 Å². The summed E-state index contributed by atoms with van der Waals surface area (Å²) in [6.45, 7) is 0.297. The molecule has 9 heteroatoms. The van der Waals surface area contributed by atoms with Crippen LogP contribution in [-0.4, -0.2) is 18.0 Å². The molecular weight excluding hydrogens is 416 g/mol. The van der Waals surface area contributed by atoms with Crippen molar-refractivity contribution in [3.05, 3.63) is 84.7 Å². The van der Waals surface area contributed by atoms with Crippen molar-refractivity contribution in [3.8, 4) is 5.75 Å². The summed E-state index contributed by atoms with van der Waals surface area (Å²) in [7, 11) is -4.49. The van der Waals surface area contributed by atoms with Gasteiger partial charge in [0, 0.05) is 28.7 Å². The Hall–Kier alpha value is -3.82. The number of benzene rings is 3. The summed E-state index contributed by atoms with van der Waals surface area (Å²) in [6.07, 6.45) is 3.39. The van der Waals surface area contributed by atoms with E-state index in [4.69, 9.17) is 10.5 Å². The minimum atomic E-state index is -4.49. The molecule has 0 atom stereocenters. The van der Waals surface area contributed by atoms with Gasteiger partial charge in [0.15, 0.2) is 0 Å². The van der Waals surface area contributed by atoms with E-state index in [-0.39, 0.29) is 16.3 Å². The van der Waals surface area contributed by atoms with Crippen LogP contribution in [-0.2, 0) is 16.7 Å². The van der Waals surface area contributed by atoms with Crippen LogP contribution < -0.4 is 10.5 Å². The summed E-state index contributed by atoms with van der Waals surface area (Å²) in [6, 6.07) is 18.6. The van der Waals surface area contributed by atoms with Gasteiger partial charge in [-0.2, -0.15) is 8.42 Å². The molecule has 0 amide bonds. The van der Waals surface area contributed by atoms with Gasteiger partial charge < -0.3 is 10.5 Å². The summed E-state index contributed by atoms with van der Waals surface area (Å²) in [5.41, 5.74) is 7.90. The lowest BCUT2D eigenvalue weighted by atomic mass is 10.1. The molecule has 4 rings (SSSR count). The Bertz CT molecular complexity index is 1370. The highest BCUT2D eigenvalue weighted by Crippen LogP contribution is 2.37. The summed E-state index contributed by atoms with van der Waals surface area (Å²) < 4.78 is 39.2. The highest BCUT2D eigenvalue weighted by molar-refractivity contribution is 7.86. The van der Waals surface area contributed by atoms with Crippen molar-refractivity contribution in [3.63, 3.8) is 0 Å². The number of azo groups is 1. The molecule has 4 aromatic rings. The largest absolute Gasteiger partial charge is 0.487 e. The molecular formula is C22H18N4O4S. The quantitative estimate of drug-likeness (QED) is 0.248. The Balaban J connectivity index is 1.70. The zero-order valence-electron chi connectivity index (χ0n) is 16.2. The normalized spacial score (nSPS) is 11.8. The predicted molar refractivity (Wildman–Crippen MR) is 117 cm³/mol. The fourth-order valence-electron chi connectivity index (χ4n) is 3.06. The van der Waals surface area contributed by atoms with E-state index < -0.39 is 10.1 Å². The molecule has 0 fully saturated rings. The van der Waals surface area contributed by atoms with Gasteiger partial charge in [0.25, 0.3) is 10.1 Å². The van der Waals surface area contributed by atoms with Gasteiger partial charge in [-0.25, -0.2) is 0 Å². The van der Waals surface area contributed by atoms with Crippen LogP contribution in [0, 0.1) is 0 Å². The number of rotatable bonds is 6. The molecule has 1 heterocycles. The van der Waals surface area contributed by atoms with Crippen molar-refractivity contribution in [1.29, 1.82) is 0 Å².